The highest BCUT2D eigenvalue weighted by Crippen LogP contribution is 2.20. The van der Waals surface area contributed by atoms with Crippen molar-refractivity contribution in [3.63, 3.8) is 0 Å². The second-order valence-electron chi connectivity index (χ2n) is 4.22. The van der Waals surface area contributed by atoms with Crippen LogP contribution in [-0.2, 0) is 4.79 Å². The molecule has 0 spiro atoms. The van der Waals surface area contributed by atoms with Gasteiger partial charge in [-0.05, 0) is 24.3 Å². The minimum atomic E-state index is -0.0977. The van der Waals surface area contributed by atoms with Crippen molar-refractivity contribution in [3.8, 4) is 0 Å². The lowest BCUT2D eigenvalue weighted by Crippen LogP contribution is -2.30. The lowest BCUT2D eigenvalue weighted by molar-refractivity contribution is -0.114. The fourth-order valence-electron chi connectivity index (χ4n) is 1.74. The highest BCUT2D eigenvalue weighted by atomic mass is 35.5. The summed E-state index contributed by atoms with van der Waals surface area (Å²) in [4.78, 5) is 13.8. The zero-order valence-corrected chi connectivity index (χ0v) is 11.4. The number of hydrogen-bond donors (Lipinski definition) is 1. The van der Waals surface area contributed by atoms with Crippen LogP contribution < -0.4 is 10.2 Å². The van der Waals surface area contributed by atoms with E-state index in [1.54, 1.807) is 12.1 Å². The maximum absolute atomic E-state index is 11.9. The Balaban J connectivity index is 1.97. The van der Waals surface area contributed by atoms with Crippen molar-refractivity contribution < 1.29 is 4.79 Å². The van der Waals surface area contributed by atoms with Crippen molar-refractivity contribution in [1.82, 2.24) is 0 Å². The molecule has 0 atom stereocenters. The van der Waals surface area contributed by atoms with E-state index in [2.05, 4.69) is 5.32 Å². The molecule has 98 valence electrons. The maximum Gasteiger partial charge on any atom is 0.243 e. The molecule has 0 bridgehead atoms. The number of nitrogens with one attached hydrogen (secondary N) is 1. The number of anilines is 2. The van der Waals surface area contributed by atoms with Crippen molar-refractivity contribution in [3.05, 3.63) is 59.6 Å². The van der Waals surface area contributed by atoms with Crippen LogP contribution in [0.25, 0.3) is 0 Å². The highest BCUT2D eigenvalue weighted by Gasteiger charge is 2.08. The van der Waals surface area contributed by atoms with Gasteiger partial charge in [-0.2, -0.15) is 0 Å². The van der Waals surface area contributed by atoms with Gasteiger partial charge in [0.05, 0.1) is 17.3 Å². The number of carbonyl (C=O) groups is 1. The summed E-state index contributed by atoms with van der Waals surface area (Å²) < 4.78 is 0. The highest BCUT2D eigenvalue weighted by molar-refractivity contribution is 6.33. The van der Waals surface area contributed by atoms with Crippen molar-refractivity contribution in [2.45, 2.75) is 0 Å². The number of rotatable bonds is 4. The van der Waals surface area contributed by atoms with Crippen LogP contribution in [0, 0.1) is 0 Å². The molecule has 0 aliphatic carbocycles. The van der Waals surface area contributed by atoms with Gasteiger partial charge in [0.1, 0.15) is 0 Å². The first-order valence-corrected chi connectivity index (χ1v) is 6.35. The lowest BCUT2D eigenvalue weighted by Gasteiger charge is -2.18. The summed E-state index contributed by atoms with van der Waals surface area (Å²) in [6, 6.07) is 16.9. The van der Waals surface area contributed by atoms with Gasteiger partial charge < -0.3 is 10.2 Å². The minimum Gasteiger partial charge on any atom is -0.365 e. The first-order valence-electron chi connectivity index (χ1n) is 5.97. The van der Waals surface area contributed by atoms with E-state index in [9.17, 15) is 4.79 Å². The number of carbonyl (C=O) groups excluding carboxylic acids is 1. The monoisotopic (exact) mass is 274 g/mol. The predicted octanol–water partition coefficient (Wildman–Crippen LogP) is 3.41. The number of hydrogen-bond acceptors (Lipinski definition) is 2. The average Bonchev–Trinajstić information content (AvgIpc) is 2.42. The van der Waals surface area contributed by atoms with Crippen LogP contribution in [0.5, 0.6) is 0 Å². The number of halogens is 1. The summed E-state index contributed by atoms with van der Waals surface area (Å²) in [6.45, 7) is 0.273. The molecule has 2 aromatic rings. The Hall–Kier alpha value is -2.00. The number of likely N-dealkylation sites (N-methyl/N-ethyl adjacent to an activating group) is 1. The quantitative estimate of drug-likeness (QED) is 0.927. The van der Waals surface area contributed by atoms with E-state index in [0.29, 0.717) is 10.7 Å². The molecule has 19 heavy (non-hydrogen) atoms. The predicted molar refractivity (Wildman–Crippen MR) is 79.8 cm³/mol. The average molecular weight is 275 g/mol. The zero-order valence-electron chi connectivity index (χ0n) is 10.6. The molecular formula is C15H15ClN2O. The summed E-state index contributed by atoms with van der Waals surface area (Å²) in [5.41, 5.74) is 1.63. The summed E-state index contributed by atoms with van der Waals surface area (Å²) in [7, 11) is 1.88. The molecule has 0 heterocycles. The van der Waals surface area contributed by atoms with E-state index in [1.807, 2.05) is 54.4 Å². The molecule has 0 aliphatic rings. The van der Waals surface area contributed by atoms with Gasteiger partial charge in [-0.1, -0.05) is 41.9 Å². The fraction of sp³-hybridized carbons (Fsp3) is 0.133. The van der Waals surface area contributed by atoms with E-state index in [0.717, 1.165) is 5.69 Å². The summed E-state index contributed by atoms with van der Waals surface area (Å²) >= 11 is 5.99. The lowest BCUT2D eigenvalue weighted by atomic mass is 10.3. The van der Waals surface area contributed by atoms with Gasteiger partial charge in [0.25, 0.3) is 0 Å². The normalized spacial score (nSPS) is 10.0. The molecule has 1 amide bonds. The molecule has 2 rings (SSSR count). The van der Waals surface area contributed by atoms with Gasteiger partial charge in [0.2, 0.25) is 5.91 Å². The van der Waals surface area contributed by atoms with Crippen LogP contribution in [0.15, 0.2) is 54.6 Å². The summed E-state index contributed by atoms with van der Waals surface area (Å²) in [5, 5.41) is 3.34. The van der Waals surface area contributed by atoms with Gasteiger partial charge in [0, 0.05) is 12.7 Å². The molecule has 1 N–H and O–H groups in total. The second kappa shape index (κ2) is 6.25. The van der Waals surface area contributed by atoms with E-state index >= 15 is 0 Å². The first kappa shape index (κ1) is 13.4. The van der Waals surface area contributed by atoms with Crippen LogP contribution in [0.3, 0.4) is 0 Å². The molecule has 0 fully saturated rings. The third-order valence-corrected chi connectivity index (χ3v) is 3.06. The molecule has 0 unspecified atom stereocenters. The topological polar surface area (TPSA) is 32.3 Å². The van der Waals surface area contributed by atoms with Crippen LogP contribution in [-0.4, -0.2) is 19.5 Å². The summed E-state index contributed by atoms with van der Waals surface area (Å²) in [5.74, 6) is -0.0977. The van der Waals surface area contributed by atoms with Crippen LogP contribution >= 0.6 is 11.6 Å². The molecule has 3 nitrogen and oxygen atoms in total. The molecular weight excluding hydrogens is 260 g/mol. The van der Waals surface area contributed by atoms with Gasteiger partial charge in [-0.25, -0.2) is 0 Å². The van der Waals surface area contributed by atoms with Gasteiger partial charge in [-0.15, -0.1) is 0 Å². The molecule has 0 radical (unpaired) electrons. The third kappa shape index (κ3) is 3.73. The van der Waals surface area contributed by atoms with Crippen LogP contribution in [0.2, 0.25) is 5.02 Å². The Bertz CT molecular complexity index is 557. The Morgan fingerprint density at radius 2 is 1.74 bits per heavy atom. The van der Waals surface area contributed by atoms with E-state index in [4.69, 9.17) is 11.6 Å². The number of benzene rings is 2. The first-order chi connectivity index (χ1) is 9.16. The standard InChI is InChI=1S/C15H15ClN2O/c1-18(12-7-3-2-4-8-12)11-15(19)17-14-10-6-5-9-13(14)16/h2-10H,11H2,1H3,(H,17,19). The smallest absolute Gasteiger partial charge is 0.243 e. The van der Waals surface area contributed by atoms with Gasteiger partial charge in [-0.3, -0.25) is 4.79 Å². The fourth-order valence-corrected chi connectivity index (χ4v) is 1.92. The maximum atomic E-state index is 11.9. The van der Waals surface area contributed by atoms with Gasteiger partial charge in [0.15, 0.2) is 0 Å². The largest absolute Gasteiger partial charge is 0.365 e. The van der Waals surface area contributed by atoms with E-state index < -0.39 is 0 Å². The Morgan fingerprint density at radius 3 is 2.42 bits per heavy atom. The van der Waals surface area contributed by atoms with Crippen molar-refractivity contribution in [1.29, 1.82) is 0 Å². The molecule has 2 aromatic carbocycles. The molecule has 0 saturated carbocycles. The molecule has 4 heteroatoms. The minimum absolute atomic E-state index is 0.0977. The van der Waals surface area contributed by atoms with E-state index in [-0.39, 0.29) is 12.5 Å². The number of para-hydroxylation sites is 2. The number of nitrogens with zero attached hydrogens (tertiary/aromatic N) is 1. The Labute approximate surface area is 117 Å². The van der Waals surface area contributed by atoms with Gasteiger partial charge >= 0.3 is 0 Å². The third-order valence-electron chi connectivity index (χ3n) is 2.73. The second-order valence-corrected chi connectivity index (χ2v) is 4.63. The van der Waals surface area contributed by atoms with Crippen molar-refractivity contribution in [2.75, 3.05) is 23.8 Å². The zero-order chi connectivity index (χ0) is 13.7. The molecule has 0 saturated heterocycles. The van der Waals surface area contributed by atoms with Crippen LogP contribution in [0.4, 0.5) is 11.4 Å². The van der Waals surface area contributed by atoms with Crippen molar-refractivity contribution in [2.24, 2.45) is 0 Å². The van der Waals surface area contributed by atoms with E-state index in [1.165, 1.54) is 0 Å². The Morgan fingerprint density at radius 1 is 1.11 bits per heavy atom. The molecule has 0 aromatic heterocycles. The molecule has 0 aliphatic heterocycles. The summed E-state index contributed by atoms with van der Waals surface area (Å²) in [6.07, 6.45) is 0. The Kier molecular flexibility index (Phi) is 4.42. The number of amides is 1. The van der Waals surface area contributed by atoms with Crippen LogP contribution in [0.1, 0.15) is 0 Å². The van der Waals surface area contributed by atoms with Crippen molar-refractivity contribution >= 4 is 28.9 Å². The SMILES string of the molecule is CN(CC(=O)Nc1ccccc1Cl)c1ccccc1.